The highest BCUT2D eigenvalue weighted by Gasteiger charge is 2.11. The summed E-state index contributed by atoms with van der Waals surface area (Å²) in [6, 6.07) is 8.73. The SMILES string of the molecule is c1cc2c(ccc3ccn(CCN4CCCCC4)c32)cn1. The molecule has 0 atom stereocenters. The number of likely N-dealkylation sites (tertiary alicyclic amines) is 1. The first-order chi connectivity index (χ1) is 10.4. The molecule has 4 rings (SSSR count). The Hall–Kier alpha value is -1.87. The van der Waals surface area contributed by atoms with Crippen LogP contribution in [0.2, 0.25) is 0 Å². The molecule has 0 spiro atoms. The summed E-state index contributed by atoms with van der Waals surface area (Å²) < 4.78 is 2.41. The normalized spacial score (nSPS) is 16.8. The van der Waals surface area contributed by atoms with Gasteiger partial charge in [0.1, 0.15) is 0 Å². The largest absolute Gasteiger partial charge is 0.346 e. The van der Waals surface area contributed by atoms with E-state index in [1.54, 1.807) is 0 Å². The van der Waals surface area contributed by atoms with Crippen LogP contribution in [-0.4, -0.2) is 34.1 Å². The van der Waals surface area contributed by atoms with Crippen LogP contribution >= 0.6 is 0 Å². The first-order valence-electron chi connectivity index (χ1n) is 7.96. The molecule has 1 aliphatic heterocycles. The number of piperidine rings is 1. The van der Waals surface area contributed by atoms with Crippen LogP contribution < -0.4 is 0 Å². The predicted molar refractivity (Wildman–Crippen MR) is 87.5 cm³/mol. The molecule has 0 amide bonds. The number of aromatic nitrogens is 2. The van der Waals surface area contributed by atoms with Gasteiger partial charge in [-0.1, -0.05) is 18.6 Å². The molecule has 0 bridgehead atoms. The van der Waals surface area contributed by atoms with Gasteiger partial charge in [0.15, 0.2) is 0 Å². The number of benzene rings is 1. The van der Waals surface area contributed by atoms with E-state index in [2.05, 4.69) is 44.9 Å². The first kappa shape index (κ1) is 12.8. The molecule has 0 aliphatic carbocycles. The van der Waals surface area contributed by atoms with E-state index in [0.29, 0.717) is 0 Å². The van der Waals surface area contributed by atoms with Crippen molar-refractivity contribution in [2.75, 3.05) is 19.6 Å². The molecule has 3 heteroatoms. The molecule has 0 unspecified atom stereocenters. The van der Waals surface area contributed by atoms with Gasteiger partial charge in [0.2, 0.25) is 0 Å². The number of hydrogen-bond donors (Lipinski definition) is 0. The zero-order valence-electron chi connectivity index (χ0n) is 12.3. The summed E-state index contributed by atoms with van der Waals surface area (Å²) in [5.41, 5.74) is 1.35. The van der Waals surface area contributed by atoms with E-state index in [1.165, 1.54) is 54.0 Å². The number of fused-ring (bicyclic) bond motifs is 3. The minimum Gasteiger partial charge on any atom is -0.346 e. The Morgan fingerprint density at radius 1 is 0.905 bits per heavy atom. The third-order valence-electron chi connectivity index (χ3n) is 4.65. The highest BCUT2D eigenvalue weighted by atomic mass is 15.1. The van der Waals surface area contributed by atoms with Crippen LogP contribution in [0.4, 0.5) is 0 Å². The van der Waals surface area contributed by atoms with Crippen molar-refractivity contribution in [3.8, 4) is 0 Å². The first-order valence-corrected chi connectivity index (χ1v) is 7.96. The van der Waals surface area contributed by atoms with Crippen LogP contribution in [0.1, 0.15) is 19.3 Å². The molecule has 1 saturated heterocycles. The second-order valence-corrected chi connectivity index (χ2v) is 6.01. The maximum atomic E-state index is 4.24. The topological polar surface area (TPSA) is 21.1 Å². The van der Waals surface area contributed by atoms with Crippen LogP contribution in [0, 0.1) is 0 Å². The Morgan fingerprint density at radius 2 is 1.76 bits per heavy atom. The van der Waals surface area contributed by atoms with Gasteiger partial charge in [-0.2, -0.15) is 0 Å². The quantitative estimate of drug-likeness (QED) is 0.729. The van der Waals surface area contributed by atoms with Gasteiger partial charge >= 0.3 is 0 Å². The Kier molecular flexibility index (Phi) is 3.36. The van der Waals surface area contributed by atoms with E-state index in [4.69, 9.17) is 0 Å². The summed E-state index contributed by atoms with van der Waals surface area (Å²) in [7, 11) is 0. The maximum absolute atomic E-state index is 4.24. The standard InChI is InChI=1S/C18H21N3/c1-2-9-20(10-3-1)12-13-21-11-7-15-4-5-16-14-19-8-6-17(16)18(15)21/h4-8,11,14H,1-3,9-10,12-13H2. The summed E-state index contributed by atoms with van der Waals surface area (Å²) in [6.45, 7) is 4.77. The highest BCUT2D eigenvalue weighted by molar-refractivity contribution is 6.05. The maximum Gasteiger partial charge on any atom is 0.0561 e. The zero-order chi connectivity index (χ0) is 14.1. The lowest BCUT2D eigenvalue weighted by Crippen LogP contribution is -2.32. The van der Waals surface area contributed by atoms with E-state index in [0.717, 1.165) is 13.1 Å². The van der Waals surface area contributed by atoms with Crippen LogP contribution in [0.25, 0.3) is 21.7 Å². The smallest absolute Gasteiger partial charge is 0.0561 e. The predicted octanol–water partition coefficient (Wildman–Crippen LogP) is 3.68. The summed E-state index contributed by atoms with van der Waals surface area (Å²) >= 11 is 0. The molecule has 0 radical (unpaired) electrons. The summed E-state index contributed by atoms with van der Waals surface area (Å²) in [5, 5.41) is 3.86. The third-order valence-corrected chi connectivity index (χ3v) is 4.65. The van der Waals surface area contributed by atoms with E-state index >= 15 is 0 Å². The van der Waals surface area contributed by atoms with Gasteiger partial charge in [0.05, 0.1) is 5.52 Å². The fraction of sp³-hybridized carbons (Fsp3) is 0.389. The second kappa shape index (κ2) is 5.49. The lowest BCUT2D eigenvalue weighted by Gasteiger charge is -2.26. The molecule has 3 heterocycles. The van der Waals surface area contributed by atoms with Crippen molar-refractivity contribution < 1.29 is 0 Å². The van der Waals surface area contributed by atoms with Crippen LogP contribution in [0.15, 0.2) is 42.9 Å². The van der Waals surface area contributed by atoms with Crippen molar-refractivity contribution in [3.63, 3.8) is 0 Å². The lowest BCUT2D eigenvalue weighted by atomic mass is 10.1. The van der Waals surface area contributed by atoms with Gasteiger partial charge in [0.25, 0.3) is 0 Å². The Labute approximate surface area is 125 Å². The molecule has 1 aromatic carbocycles. The van der Waals surface area contributed by atoms with E-state index in [-0.39, 0.29) is 0 Å². The van der Waals surface area contributed by atoms with Gasteiger partial charge < -0.3 is 9.47 Å². The van der Waals surface area contributed by atoms with E-state index < -0.39 is 0 Å². The molecule has 21 heavy (non-hydrogen) atoms. The minimum atomic E-state index is 1.07. The van der Waals surface area contributed by atoms with Crippen molar-refractivity contribution in [2.24, 2.45) is 0 Å². The van der Waals surface area contributed by atoms with Crippen molar-refractivity contribution in [1.82, 2.24) is 14.5 Å². The molecule has 3 nitrogen and oxygen atoms in total. The number of nitrogens with zero attached hydrogens (tertiary/aromatic N) is 3. The minimum absolute atomic E-state index is 1.07. The van der Waals surface area contributed by atoms with Crippen LogP contribution in [-0.2, 0) is 6.54 Å². The van der Waals surface area contributed by atoms with Crippen molar-refractivity contribution in [2.45, 2.75) is 25.8 Å². The van der Waals surface area contributed by atoms with Crippen LogP contribution in [0.5, 0.6) is 0 Å². The summed E-state index contributed by atoms with van der Waals surface area (Å²) in [6.07, 6.45) is 10.2. The zero-order valence-corrected chi connectivity index (χ0v) is 12.3. The molecular weight excluding hydrogens is 258 g/mol. The van der Waals surface area contributed by atoms with Crippen molar-refractivity contribution >= 4 is 21.7 Å². The molecule has 1 fully saturated rings. The Bertz CT molecular complexity index is 753. The second-order valence-electron chi connectivity index (χ2n) is 6.01. The highest BCUT2D eigenvalue weighted by Crippen LogP contribution is 2.25. The Balaban J connectivity index is 1.66. The fourth-order valence-electron chi connectivity index (χ4n) is 3.49. The van der Waals surface area contributed by atoms with E-state index in [1.807, 2.05) is 12.4 Å². The lowest BCUT2D eigenvalue weighted by molar-refractivity contribution is 0.222. The molecule has 3 aromatic rings. The third kappa shape index (κ3) is 2.42. The fourth-order valence-corrected chi connectivity index (χ4v) is 3.49. The van der Waals surface area contributed by atoms with Gasteiger partial charge in [-0.15, -0.1) is 0 Å². The number of pyridine rings is 1. The summed E-state index contributed by atoms with van der Waals surface area (Å²) in [5.74, 6) is 0. The molecule has 0 N–H and O–H groups in total. The molecular formula is C18H21N3. The monoisotopic (exact) mass is 279 g/mol. The summed E-state index contributed by atoms with van der Waals surface area (Å²) in [4.78, 5) is 6.83. The van der Waals surface area contributed by atoms with Gasteiger partial charge in [-0.3, -0.25) is 4.98 Å². The number of hydrogen-bond acceptors (Lipinski definition) is 2. The molecule has 1 aliphatic rings. The molecule has 2 aromatic heterocycles. The van der Waals surface area contributed by atoms with E-state index in [9.17, 15) is 0 Å². The van der Waals surface area contributed by atoms with Crippen molar-refractivity contribution in [1.29, 1.82) is 0 Å². The molecule has 0 saturated carbocycles. The van der Waals surface area contributed by atoms with Gasteiger partial charge in [0, 0.05) is 47.8 Å². The molecule has 108 valence electrons. The number of rotatable bonds is 3. The van der Waals surface area contributed by atoms with Gasteiger partial charge in [-0.05, 0) is 38.1 Å². The Morgan fingerprint density at radius 3 is 2.67 bits per heavy atom. The average Bonchev–Trinajstić information content (AvgIpc) is 2.97. The average molecular weight is 279 g/mol. The van der Waals surface area contributed by atoms with Crippen molar-refractivity contribution in [3.05, 3.63) is 42.9 Å². The van der Waals surface area contributed by atoms with Gasteiger partial charge in [-0.25, -0.2) is 0 Å². The van der Waals surface area contributed by atoms with Crippen LogP contribution in [0.3, 0.4) is 0 Å².